The van der Waals surface area contributed by atoms with E-state index >= 15 is 0 Å². The van der Waals surface area contributed by atoms with Crippen molar-refractivity contribution in [3.63, 3.8) is 0 Å². The van der Waals surface area contributed by atoms with Gasteiger partial charge in [-0.05, 0) is 37.7 Å². The van der Waals surface area contributed by atoms with Crippen LogP contribution in [0.2, 0.25) is 0 Å². The van der Waals surface area contributed by atoms with Crippen LogP contribution >= 0.6 is 0 Å². The average Bonchev–Trinajstić information content (AvgIpc) is 2.58. The van der Waals surface area contributed by atoms with Crippen molar-refractivity contribution in [3.8, 4) is 0 Å². The fourth-order valence-corrected chi connectivity index (χ4v) is 2.38. The van der Waals surface area contributed by atoms with Gasteiger partial charge in [-0.25, -0.2) is 0 Å². The van der Waals surface area contributed by atoms with Crippen molar-refractivity contribution in [2.24, 2.45) is 12.8 Å². The molecule has 84 valence electrons. The molecule has 0 bridgehead atoms. The Bertz CT molecular complexity index is 346. The van der Waals surface area contributed by atoms with Crippen molar-refractivity contribution in [2.75, 3.05) is 6.61 Å². The van der Waals surface area contributed by atoms with E-state index in [0.29, 0.717) is 6.42 Å². The van der Waals surface area contributed by atoms with Gasteiger partial charge < -0.3 is 10.8 Å². The van der Waals surface area contributed by atoms with Crippen LogP contribution in [-0.2, 0) is 19.9 Å². The van der Waals surface area contributed by atoms with Gasteiger partial charge in [0.15, 0.2) is 0 Å². The molecule has 0 saturated carbocycles. The minimum atomic E-state index is -0.108. The van der Waals surface area contributed by atoms with Crippen molar-refractivity contribution in [3.05, 3.63) is 17.0 Å². The summed E-state index contributed by atoms with van der Waals surface area (Å²) in [7, 11) is 1.99. The Morgan fingerprint density at radius 3 is 2.93 bits per heavy atom. The molecule has 3 N–H and O–H groups in total. The smallest absolute Gasteiger partial charge is 0.0827 e. The van der Waals surface area contributed by atoms with Crippen LogP contribution in [0.1, 0.15) is 42.3 Å². The van der Waals surface area contributed by atoms with Gasteiger partial charge in [0.25, 0.3) is 0 Å². The maximum Gasteiger partial charge on any atom is 0.0827 e. The standard InChI is InChI=1S/C11H19N3O/c1-14-10-5-3-2-4-8(10)11(13-14)9(12)6-7-15/h9,15H,2-7,12H2,1H3. The van der Waals surface area contributed by atoms with Gasteiger partial charge in [0.2, 0.25) is 0 Å². The number of nitrogens with zero attached hydrogens (tertiary/aromatic N) is 2. The zero-order valence-corrected chi connectivity index (χ0v) is 9.24. The first-order chi connectivity index (χ1) is 7.24. The molecule has 2 rings (SSSR count). The lowest BCUT2D eigenvalue weighted by Crippen LogP contribution is -2.15. The predicted molar refractivity (Wildman–Crippen MR) is 58.5 cm³/mol. The predicted octanol–water partition coefficient (Wildman–Crippen LogP) is 0.681. The molecule has 1 aliphatic rings. The van der Waals surface area contributed by atoms with Crippen molar-refractivity contribution < 1.29 is 5.11 Å². The number of nitrogens with two attached hydrogens (primary N) is 1. The molecule has 4 heteroatoms. The van der Waals surface area contributed by atoms with Crippen molar-refractivity contribution in [2.45, 2.75) is 38.1 Å². The third-order valence-electron chi connectivity index (χ3n) is 3.19. The quantitative estimate of drug-likeness (QED) is 0.769. The second kappa shape index (κ2) is 4.33. The molecule has 0 radical (unpaired) electrons. The lowest BCUT2D eigenvalue weighted by atomic mass is 9.93. The number of rotatable bonds is 3. The van der Waals surface area contributed by atoms with Crippen molar-refractivity contribution in [1.82, 2.24) is 9.78 Å². The molecule has 1 atom stereocenters. The van der Waals surface area contributed by atoms with E-state index in [0.717, 1.165) is 18.5 Å². The van der Waals surface area contributed by atoms with Gasteiger partial charge in [-0.2, -0.15) is 5.10 Å². The summed E-state index contributed by atoms with van der Waals surface area (Å²) in [5, 5.41) is 13.4. The van der Waals surface area contributed by atoms with Gasteiger partial charge in [0.05, 0.1) is 11.7 Å². The minimum Gasteiger partial charge on any atom is -0.396 e. The lowest BCUT2D eigenvalue weighted by molar-refractivity contribution is 0.275. The molecule has 0 spiro atoms. The number of aryl methyl sites for hydroxylation is 1. The molecule has 0 aliphatic heterocycles. The molecule has 1 aliphatic carbocycles. The summed E-state index contributed by atoms with van der Waals surface area (Å²) >= 11 is 0. The Hall–Kier alpha value is -0.870. The first-order valence-corrected chi connectivity index (χ1v) is 5.65. The summed E-state index contributed by atoms with van der Waals surface area (Å²) in [6.07, 6.45) is 5.30. The molecule has 1 unspecified atom stereocenters. The fourth-order valence-electron chi connectivity index (χ4n) is 2.38. The van der Waals surface area contributed by atoms with E-state index < -0.39 is 0 Å². The average molecular weight is 209 g/mol. The van der Waals surface area contributed by atoms with Gasteiger partial charge >= 0.3 is 0 Å². The Morgan fingerprint density at radius 2 is 2.20 bits per heavy atom. The summed E-state index contributed by atoms with van der Waals surface area (Å²) in [6.45, 7) is 0.131. The van der Waals surface area contributed by atoms with E-state index in [1.807, 2.05) is 11.7 Å². The molecule has 0 amide bonds. The van der Waals surface area contributed by atoms with Crippen LogP contribution in [0.3, 0.4) is 0 Å². The fraction of sp³-hybridized carbons (Fsp3) is 0.727. The van der Waals surface area contributed by atoms with E-state index in [-0.39, 0.29) is 12.6 Å². The number of hydrogen-bond donors (Lipinski definition) is 2. The number of aliphatic hydroxyl groups is 1. The van der Waals surface area contributed by atoms with Gasteiger partial charge in [-0.3, -0.25) is 4.68 Å². The molecular weight excluding hydrogens is 190 g/mol. The maximum atomic E-state index is 8.89. The zero-order chi connectivity index (χ0) is 10.8. The molecule has 0 saturated heterocycles. The molecule has 1 heterocycles. The Morgan fingerprint density at radius 1 is 1.47 bits per heavy atom. The van der Waals surface area contributed by atoms with Crippen LogP contribution in [0.5, 0.6) is 0 Å². The summed E-state index contributed by atoms with van der Waals surface area (Å²) < 4.78 is 1.96. The molecule has 4 nitrogen and oxygen atoms in total. The van der Waals surface area contributed by atoms with Crippen LogP contribution in [0.4, 0.5) is 0 Å². The Labute approximate surface area is 90.1 Å². The normalized spacial score (nSPS) is 17.5. The van der Waals surface area contributed by atoms with Gasteiger partial charge in [0, 0.05) is 19.3 Å². The number of aromatic nitrogens is 2. The van der Waals surface area contributed by atoms with Crippen molar-refractivity contribution >= 4 is 0 Å². The number of fused-ring (bicyclic) bond motifs is 1. The van der Waals surface area contributed by atoms with Crippen LogP contribution in [0.25, 0.3) is 0 Å². The highest BCUT2D eigenvalue weighted by Crippen LogP contribution is 2.27. The number of aliphatic hydroxyl groups excluding tert-OH is 1. The molecule has 0 aromatic carbocycles. The van der Waals surface area contributed by atoms with Gasteiger partial charge in [0.1, 0.15) is 0 Å². The summed E-state index contributed by atoms with van der Waals surface area (Å²) in [4.78, 5) is 0. The number of hydrogen-bond acceptors (Lipinski definition) is 3. The Kier molecular flexibility index (Phi) is 3.07. The van der Waals surface area contributed by atoms with Crippen LogP contribution in [0, 0.1) is 0 Å². The van der Waals surface area contributed by atoms with Gasteiger partial charge in [-0.15, -0.1) is 0 Å². The van der Waals surface area contributed by atoms with Crippen LogP contribution in [-0.4, -0.2) is 21.5 Å². The highest BCUT2D eigenvalue weighted by Gasteiger charge is 2.22. The second-order valence-corrected chi connectivity index (χ2v) is 4.26. The SMILES string of the molecule is Cn1nc(C(N)CCO)c2c1CCCC2. The van der Waals surface area contributed by atoms with E-state index in [1.54, 1.807) is 0 Å². The van der Waals surface area contributed by atoms with Crippen molar-refractivity contribution in [1.29, 1.82) is 0 Å². The second-order valence-electron chi connectivity index (χ2n) is 4.26. The maximum absolute atomic E-state index is 8.89. The topological polar surface area (TPSA) is 64.1 Å². The lowest BCUT2D eigenvalue weighted by Gasteiger charge is -2.14. The van der Waals surface area contributed by atoms with Crippen LogP contribution in [0.15, 0.2) is 0 Å². The molecule has 1 aromatic rings. The minimum absolute atomic E-state index is 0.108. The monoisotopic (exact) mass is 209 g/mol. The molecular formula is C11H19N3O. The molecule has 15 heavy (non-hydrogen) atoms. The van der Waals surface area contributed by atoms with Gasteiger partial charge in [-0.1, -0.05) is 0 Å². The molecule has 0 fully saturated rings. The summed E-state index contributed by atoms with van der Waals surface area (Å²) in [6, 6.07) is -0.108. The van der Waals surface area contributed by atoms with E-state index in [4.69, 9.17) is 10.8 Å². The van der Waals surface area contributed by atoms with E-state index in [9.17, 15) is 0 Å². The Balaban J connectivity index is 2.31. The largest absolute Gasteiger partial charge is 0.396 e. The summed E-state index contributed by atoms with van der Waals surface area (Å²) in [5.41, 5.74) is 9.68. The van der Waals surface area contributed by atoms with E-state index in [1.165, 1.54) is 24.1 Å². The third-order valence-corrected chi connectivity index (χ3v) is 3.19. The highest BCUT2D eigenvalue weighted by atomic mass is 16.3. The first kappa shape index (κ1) is 10.6. The van der Waals surface area contributed by atoms with Crippen LogP contribution < -0.4 is 5.73 Å². The molecule has 1 aromatic heterocycles. The zero-order valence-electron chi connectivity index (χ0n) is 9.24. The van der Waals surface area contributed by atoms with E-state index in [2.05, 4.69) is 5.10 Å². The summed E-state index contributed by atoms with van der Waals surface area (Å²) in [5.74, 6) is 0. The third kappa shape index (κ3) is 1.92. The first-order valence-electron chi connectivity index (χ1n) is 5.65. The highest BCUT2D eigenvalue weighted by molar-refractivity contribution is 5.30.